The molecule has 1 aromatic heterocycles. The average Bonchev–Trinajstić information content (AvgIpc) is 2.68. The number of aromatic nitrogens is 2. The number of likely N-dealkylation sites (tertiary alicyclic amines) is 1. The van der Waals surface area contributed by atoms with E-state index >= 15 is 0 Å². The molecule has 1 fully saturated rings. The van der Waals surface area contributed by atoms with Crippen LogP contribution in [-0.2, 0) is 0 Å². The Hall–Kier alpha value is -2.54. The molecule has 1 aliphatic rings. The Kier molecular flexibility index (Phi) is 7.37. The predicted molar refractivity (Wildman–Crippen MR) is 115 cm³/mol. The zero-order chi connectivity index (χ0) is 21.7. The van der Waals surface area contributed by atoms with Crippen molar-refractivity contribution in [2.24, 2.45) is 11.8 Å². The number of amides is 1. The molecule has 1 amide bonds. The molecule has 30 heavy (non-hydrogen) atoms. The Balaban J connectivity index is 1.56. The van der Waals surface area contributed by atoms with Gasteiger partial charge in [0.25, 0.3) is 5.91 Å². The second kappa shape index (κ2) is 9.98. The summed E-state index contributed by atoms with van der Waals surface area (Å²) in [6.07, 6.45) is 3.11. The highest BCUT2D eigenvalue weighted by atomic mass is 19.1. The molecule has 0 unspecified atom stereocenters. The van der Waals surface area contributed by atoms with Crippen LogP contribution in [0.15, 0.2) is 35.1 Å². The third-order valence-electron chi connectivity index (χ3n) is 5.53. The molecule has 2 heterocycles. The summed E-state index contributed by atoms with van der Waals surface area (Å²) in [5, 5.41) is 6.92. The second-order valence-corrected chi connectivity index (χ2v) is 8.53. The normalized spacial score (nSPS) is 19.6. The lowest BCUT2D eigenvalue weighted by molar-refractivity contribution is 0.0943. The lowest BCUT2D eigenvalue weighted by Gasteiger charge is -2.34. The van der Waals surface area contributed by atoms with Gasteiger partial charge >= 0.3 is 0 Å². The fourth-order valence-corrected chi connectivity index (χ4v) is 4.29. The summed E-state index contributed by atoms with van der Waals surface area (Å²) >= 11 is 0. The molecule has 6 nitrogen and oxygen atoms in total. The number of nitrogens with one attached hydrogen (secondary N) is 1. The first-order chi connectivity index (χ1) is 14.3. The van der Waals surface area contributed by atoms with Gasteiger partial charge in [0.2, 0.25) is 5.43 Å². The number of rotatable bonds is 7. The highest BCUT2D eigenvalue weighted by molar-refractivity contribution is 5.92. The van der Waals surface area contributed by atoms with Gasteiger partial charge in [0.1, 0.15) is 11.5 Å². The van der Waals surface area contributed by atoms with E-state index in [4.69, 9.17) is 0 Å². The Morgan fingerprint density at radius 2 is 1.90 bits per heavy atom. The molecule has 1 aliphatic heterocycles. The first-order valence-corrected chi connectivity index (χ1v) is 10.7. The molecule has 1 saturated heterocycles. The van der Waals surface area contributed by atoms with E-state index in [2.05, 4.69) is 29.2 Å². The number of aryl methyl sites for hydroxylation is 1. The zero-order valence-electron chi connectivity index (χ0n) is 18.0. The molecule has 0 aliphatic carbocycles. The maximum atomic E-state index is 14.1. The molecule has 0 radical (unpaired) electrons. The van der Waals surface area contributed by atoms with Crippen LogP contribution in [0.5, 0.6) is 0 Å². The number of unbranched alkanes of at least 4 members (excludes halogenated alkanes) is 1. The van der Waals surface area contributed by atoms with Gasteiger partial charge in [-0.3, -0.25) is 9.59 Å². The fourth-order valence-electron chi connectivity index (χ4n) is 4.29. The van der Waals surface area contributed by atoms with Gasteiger partial charge in [-0.05, 0) is 56.7 Å². The molecule has 2 atom stereocenters. The van der Waals surface area contributed by atoms with Crippen molar-refractivity contribution in [3.05, 3.63) is 57.8 Å². The Labute approximate surface area is 177 Å². The molecular formula is C23H31FN4O2. The highest BCUT2D eigenvalue weighted by Gasteiger charge is 2.21. The minimum absolute atomic E-state index is 0.203. The summed E-state index contributed by atoms with van der Waals surface area (Å²) < 4.78 is 15.4. The number of nitrogens with zero attached hydrogens (tertiary/aromatic N) is 3. The lowest BCUT2D eigenvalue weighted by atomic mass is 9.92. The summed E-state index contributed by atoms with van der Waals surface area (Å²) in [6.45, 7) is 10.0. The van der Waals surface area contributed by atoms with Crippen LogP contribution < -0.4 is 10.7 Å². The van der Waals surface area contributed by atoms with Crippen molar-refractivity contribution in [1.82, 2.24) is 20.0 Å². The number of carbonyl (C=O) groups is 1. The smallest absolute Gasteiger partial charge is 0.275 e. The minimum Gasteiger partial charge on any atom is -0.351 e. The highest BCUT2D eigenvalue weighted by Crippen LogP contribution is 2.21. The molecule has 1 N–H and O–H groups in total. The van der Waals surface area contributed by atoms with Crippen molar-refractivity contribution in [2.45, 2.75) is 40.0 Å². The number of para-hydroxylation sites is 1. The van der Waals surface area contributed by atoms with Gasteiger partial charge in [-0.15, -0.1) is 0 Å². The molecular weight excluding hydrogens is 383 g/mol. The first-order valence-electron chi connectivity index (χ1n) is 10.7. The summed E-state index contributed by atoms with van der Waals surface area (Å²) in [6, 6.07) is 7.45. The van der Waals surface area contributed by atoms with Crippen molar-refractivity contribution in [2.75, 3.05) is 26.2 Å². The van der Waals surface area contributed by atoms with Crippen molar-refractivity contribution in [3.8, 4) is 5.69 Å². The standard InChI is InChI=1S/C23H31FN4O2/c1-16-12-17(2)15-27(14-16)11-7-6-10-25-23(30)22-21(29)13-18(3)28(26-22)20-9-5-4-8-19(20)24/h4-5,8-9,13,16-17H,6-7,10-12,14-15H2,1-3H3,(H,25,30)/t16-,17-/m0/s1. The van der Waals surface area contributed by atoms with Gasteiger partial charge in [0.15, 0.2) is 5.69 Å². The van der Waals surface area contributed by atoms with Crippen LogP contribution in [0.1, 0.15) is 49.3 Å². The number of benzene rings is 1. The minimum atomic E-state index is -0.523. The Morgan fingerprint density at radius 3 is 2.60 bits per heavy atom. The number of hydrogen-bond acceptors (Lipinski definition) is 4. The molecule has 7 heteroatoms. The van der Waals surface area contributed by atoms with Gasteiger partial charge < -0.3 is 10.2 Å². The van der Waals surface area contributed by atoms with Crippen molar-refractivity contribution >= 4 is 5.91 Å². The molecule has 0 spiro atoms. The maximum absolute atomic E-state index is 14.1. The Morgan fingerprint density at radius 1 is 1.20 bits per heavy atom. The molecule has 2 aromatic rings. The van der Waals surface area contributed by atoms with E-state index in [0.29, 0.717) is 12.2 Å². The van der Waals surface area contributed by atoms with Gasteiger partial charge in [-0.1, -0.05) is 26.0 Å². The van der Waals surface area contributed by atoms with Gasteiger partial charge in [0.05, 0.1) is 0 Å². The van der Waals surface area contributed by atoms with E-state index in [-0.39, 0.29) is 11.4 Å². The molecule has 0 bridgehead atoms. The van der Waals surface area contributed by atoms with E-state index in [0.717, 1.165) is 44.3 Å². The van der Waals surface area contributed by atoms with Crippen LogP contribution in [0.4, 0.5) is 4.39 Å². The quantitative estimate of drug-likeness (QED) is 0.707. The monoisotopic (exact) mass is 414 g/mol. The molecule has 3 rings (SSSR count). The van der Waals surface area contributed by atoms with Crippen molar-refractivity contribution in [3.63, 3.8) is 0 Å². The lowest BCUT2D eigenvalue weighted by Crippen LogP contribution is -2.39. The second-order valence-electron chi connectivity index (χ2n) is 8.53. The summed E-state index contributed by atoms with van der Waals surface area (Å²) in [7, 11) is 0. The third-order valence-corrected chi connectivity index (χ3v) is 5.53. The maximum Gasteiger partial charge on any atom is 0.275 e. The van der Waals surface area contributed by atoms with Crippen LogP contribution in [0.3, 0.4) is 0 Å². The van der Waals surface area contributed by atoms with E-state index in [1.165, 1.54) is 23.2 Å². The summed E-state index contributed by atoms with van der Waals surface area (Å²) in [4.78, 5) is 27.3. The zero-order valence-corrected chi connectivity index (χ0v) is 18.0. The SMILES string of the molecule is Cc1cc(=O)c(C(=O)NCCCCN2C[C@@H](C)C[C@H](C)C2)nn1-c1ccccc1F. The third kappa shape index (κ3) is 5.53. The Bertz CT molecular complexity index is 933. The van der Waals surface area contributed by atoms with Crippen LogP contribution in [0.2, 0.25) is 0 Å². The average molecular weight is 415 g/mol. The molecule has 162 valence electrons. The van der Waals surface area contributed by atoms with Crippen LogP contribution in [0.25, 0.3) is 5.69 Å². The van der Waals surface area contributed by atoms with Gasteiger partial charge in [0, 0.05) is 31.4 Å². The van der Waals surface area contributed by atoms with Crippen LogP contribution >= 0.6 is 0 Å². The summed E-state index contributed by atoms with van der Waals surface area (Å²) in [5.41, 5.74) is -0.0166. The fraction of sp³-hybridized carbons (Fsp3) is 0.522. The number of hydrogen-bond donors (Lipinski definition) is 1. The largest absolute Gasteiger partial charge is 0.351 e. The predicted octanol–water partition coefficient (Wildman–Crippen LogP) is 3.17. The van der Waals surface area contributed by atoms with E-state index in [1.54, 1.807) is 25.1 Å². The van der Waals surface area contributed by atoms with E-state index < -0.39 is 17.2 Å². The van der Waals surface area contributed by atoms with Gasteiger partial charge in [-0.25, -0.2) is 9.07 Å². The van der Waals surface area contributed by atoms with Gasteiger partial charge in [-0.2, -0.15) is 5.10 Å². The van der Waals surface area contributed by atoms with E-state index in [9.17, 15) is 14.0 Å². The van der Waals surface area contributed by atoms with E-state index in [1.807, 2.05) is 0 Å². The summed E-state index contributed by atoms with van der Waals surface area (Å²) in [5.74, 6) is 0.477. The number of halogens is 1. The number of carbonyl (C=O) groups excluding carboxylic acids is 1. The van der Waals surface area contributed by atoms with Crippen molar-refractivity contribution in [1.29, 1.82) is 0 Å². The molecule has 0 saturated carbocycles. The number of piperidine rings is 1. The first kappa shape index (κ1) is 22.2. The van der Waals surface area contributed by atoms with Crippen molar-refractivity contribution < 1.29 is 9.18 Å². The van der Waals surface area contributed by atoms with Crippen LogP contribution in [0, 0.1) is 24.6 Å². The topological polar surface area (TPSA) is 67.2 Å². The van der Waals surface area contributed by atoms with Crippen LogP contribution in [-0.4, -0.2) is 46.8 Å². The molecule has 1 aromatic carbocycles.